The summed E-state index contributed by atoms with van der Waals surface area (Å²) in [5.74, 6) is -2.58. The molecular weight excluding hydrogens is 167 g/mol. The van der Waals surface area contributed by atoms with Gasteiger partial charge >= 0.3 is 0 Å². The van der Waals surface area contributed by atoms with Crippen molar-refractivity contribution in [1.29, 1.82) is 0 Å². The van der Waals surface area contributed by atoms with Crippen molar-refractivity contribution in [2.75, 3.05) is 0 Å². The monoisotopic (exact) mass is 171 g/mol. The van der Waals surface area contributed by atoms with E-state index in [0.29, 0.717) is 0 Å². The third kappa shape index (κ3) is 0.809. The molecule has 0 bridgehead atoms. The minimum absolute atomic E-state index is 0.0625. The summed E-state index contributed by atoms with van der Waals surface area (Å²) in [4.78, 5) is 1.78. The second kappa shape index (κ2) is 2.27. The van der Waals surface area contributed by atoms with Crippen LogP contribution in [-0.2, 0) is 0 Å². The molecule has 0 saturated carbocycles. The van der Waals surface area contributed by atoms with Crippen molar-refractivity contribution < 1.29 is 13.2 Å². The lowest BCUT2D eigenvalue weighted by molar-refractivity contribution is 0.538. The number of benzene rings is 1. The molecule has 1 N–H and O–H groups in total. The Bertz CT molecular complexity index is 433. The Morgan fingerprint density at radius 2 is 1.75 bits per heavy atom. The van der Waals surface area contributed by atoms with Crippen LogP contribution in [-0.4, -0.2) is 4.98 Å². The molecule has 0 aliphatic carbocycles. The van der Waals surface area contributed by atoms with E-state index in [0.717, 1.165) is 6.07 Å². The number of aromatic amines is 1. The summed E-state index contributed by atoms with van der Waals surface area (Å²) in [6.45, 7) is 0. The van der Waals surface area contributed by atoms with Gasteiger partial charge in [0.1, 0.15) is 5.82 Å². The quantitative estimate of drug-likeness (QED) is 0.627. The van der Waals surface area contributed by atoms with Crippen LogP contribution in [0.3, 0.4) is 0 Å². The van der Waals surface area contributed by atoms with Crippen LogP contribution >= 0.6 is 0 Å². The first-order valence-electron chi connectivity index (χ1n) is 3.31. The van der Waals surface area contributed by atoms with Crippen LogP contribution in [0.4, 0.5) is 13.2 Å². The summed E-state index contributed by atoms with van der Waals surface area (Å²) in [5.41, 5.74) is 0. The number of hydrogen-bond donors (Lipinski definition) is 1. The van der Waals surface area contributed by atoms with Gasteiger partial charge in [0.05, 0.1) is 5.39 Å². The average molecular weight is 171 g/mol. The van der Waals surface area contributed by atoms with Crippen molar-refractivity contribution in [3.63, 3.8) is 0 Å². The van der Waals surface area contributed by atoms with Gasteiger partial charge in [0.2, 0.25) is 11.9 Å². The molecule has 2 aromatic rings. The lowest BCUT2D eigenvalue weighted by Gasteiger charge is -1.89. The zero-order chi connectivity index (χ0) is 8.72. The Kier molecular flexibility index (Phi) is 1.36. The van der Waals surface area contributed by atoms with E-state index >= 15 is 0 Å². The SMILES string of the molecule is Fc1[nH]c(F)c2c(F)cccc12. The highest BCUT2D eigenvalue weighted by Gasteiger charge is 2.12. The van der Waals surface area contributed by atoms with Gasteiger partial charge in [0.25, 0.3) is 0 Å². The standard InChI is InChI=1S/C8H4F3N/c9-5-3-1-2-4-6(5)8(11)12-7(4)10/h1-3,12H. The van der Waals surface area contributed by atoms with E-state index in [1.807, 2.05) is 0 Å². The molecule has 4 heteroatoms. The number of aromatic nitrogens is 1. The van der Waals surface area contributed by atoms with Crippen LogP contribution in [0.2, 0.25) is 0 Å². The van der Waals surface area contributed by atoms with E-state index in [-0.39, 0.29) is 10.8 Å². The van der Waals surface area contributed by atoms with Gasteiger partial charge in [0, 0.05) is 5.39 Å². The summed E-state index contributed by atoms with van der Waals surface area (Å²) >= 11 is 0. The number of fused-ring (bicyclic) bond motifs is 1. The molecule has 12 heavy (non-hydrogen) atoms. The maximum absolute atomic E-state index is 12.8. The minimum Gasteiger partial charge on any atom is -0.307 e. The van der Waals surface area contributed by atoms with E-state index in [4.69, 9.17) is 0 Å². The van der Waals surface area contributed by atoms with Gasteiger partial charge in [-0.05, 0) is 12.1 Å². The maximum Gasteiger partial charge on any atom is 0.204 e. The normalized spacial score (nSPS) is 10.9. The molecule has 2 rings (SSSR count). The summed E-state index contributed by atoms with van der Waals surface area (Å²) in [7, 11) is 0. The summed E-state index contributed by atoms with van der Waals surface area (Å²) in [6, 6.07) is 3.72. The number of nitrogens with one attached hydrogen (secondary N) is 1. The van der Waals surface area contributed by atoms with Crippen molar-refractivity contribution in [1.82, 2.24) is 4.98 Å². The van der Waals surface area contributed by atoms with Gasteiger partial charge in [-0.15, -0.1) is 0 Å². The Hall–Kier alpha value is -1.45. The number of rotatable bonds is 0. The minimum atomic E-state index is -0.972. The molecule has 0 amide bonds. The second-order valence-corrected chi connectivity index (χ2v) is 2.42. The van der Waals surface area contributed by atoms with Crippen LogP contribution < -0.4 is 0 Å². The number of H-pyrrole nitrogens is 1. The van der Waals surface area contributed by atoms with Crippen LogP contribution in [0.15, 0.2) is 18.2 Å². The predicted octanol–water partition coefficient (Wildman–Crippen LogP) is 2.59. The Balaban J connectivity index is 2.99. The molecule has 1 aromatic heterocycles. The molecule has 62 valence electrons. The lowest BCUT2D eigenvalue weighted by Crippen LogP contribution is -1.77. The van der Waals surface area contributed by atoms with Crippen LogP contribution in [0.5, 0.6) is 0 Å². The zero-order valence-electron chi connectivity index (χ0n) is 5.87. The van der Waals surface area contributed by atoms with Crippen molar-refractivity contribution in [2.45, 2.75) is 0 Å². The van der Waals surface area contributed by atoms with Gasteiger partial charge in [-0.3, -0.25) is 0 Å². The van der Waals surface area contributed by atoms with E-state index in [1.165, 1.54) is 12.1 Å². The van der Waals surface area contributed by atoms with Crippen molar-refractivity contribution in [2.24, 2.45) is 0 Å². The van der Waals surface area contributed by atoms with Crippen molar-refractivity contribution in [3.8, 4) is 0 Å². The number of hydrogen-bond acceptors (Lipinski definition) is 0. The first kappa shape index (κ1) is 7.21. The predicted molar refractivity (Wildman–Crippen MR) is 38.2 cm³/mol. The molecule has 1 heterocycles. The van der Waals surface area contributed by atoms with E-state index in [2.05, 4.69) is 0 Å². The van der Waals surface area contributed by atoms with Gasteiger partial charge in [0.15, 0.2) is 0 Å². The Labute approximate surface area is 65.8 Å². The molecular formula is C8H4F3N. The highest BCUT2D eigenvalue weighted by atomic mass is 19.1. The first-order valence-corrected chi connectivity index (χ1v) is 3.31. The smallest absolute Gasteiger partial charge is 0.204 e. The molecule has 0 fully saturated rings. The van der Waals surface area contributed by atoms with Gasteiger partial charge in [-0.2, -0.15) is 8.78 Å². The maximum atomic E-state index is 12.8. The fourth-order valence-electron chi connectivity index (χ4n) is 1.16. The number of halogens is 3. The summed E-state index contributed by atoms with van der Waals surface area (Å²) in [5, 5.41) is -0.387. The summed E-state index contributed by atoms with van der Waals surface area (Å²) < 4.78 is 38.3. The lowest BCUT2D eigenvalue weighted by atomic mass is 10.2. The fourth-order valence-corrected chi connectivity index (χ4v) is 1.16. The Morgan fingerprint density at radius 1 is 1.00 bits per heavy atom. The zero-order valence-corrected chi connectivity index (χ0v) is 5.87. The molecule has 0 saturated heterocycles. The first-order chi connectivity index (χ1) is 5.70. The van der Waals surface area contributed by atoms with Gasteiger partial charge < -0.3 is 4.98 Å². The molecule has 0 aliphatic rings. The topological polar surface area (TPSA) is 15.8 Å². The Morgan fingerprint density at radius 3 is 2.42 bits per heavy atom. The van der Waals surface area contributed by atoms with E-state index in [1.54, 1.807) is 4.98 Å². The molecule has 0 spiro atoms. The van der Waals surface area contributed by atoms with E-state index < -0.39 is 17.7 Å². The molecule has 0 atom stereocenters. The molecule has 0 unspecified atom stereocenters. The van der Waals surface area contributed by atoms with Gasteiger partial charge in [-0.25, -0.2) is 4.39 Å². The second-order valence-electron chi connectivity index (χ2n) is 2.42. The van der Waals surface area contributed by atoms with E-state index in [9.17, 15) is 13.2 Å². The van der Waals surface area contributed by atoms with Crippen LogP contribution in [0.1, 0.15) is 0 Å². The molecule has 1 aromatic carbocycles. The molecule has 0 aliphatic heterocycles. The highest BCUT2D eigenvalue weighted by molar-refractivity contribution is 5.83. The van der Waals surface area contributed by atoms with Crippen molar-refractivity contribution >= 4 is 10.8 Å². The highest BCUT2D eigenvalue weighted by Crippen LogP contribution is 2.22. The summed E-state index contributed by atoms with van der Waals surface area (Å²) in [6.07, 6.45) is 0. The third-order valence-electron chi connectivity index (χ3n) is 1.69. The molecule has 1 nitrogen and oxygen atoms in total. The average Bonchev–Trinajstić information content (AvgIpc) is 2.29. The van der Waals surface area contributed by atoms with Crippen molar-refractivity contribution in [3.05, 3.63) is 35.9 Å². The largest absolute Gasteiger partial charge is 0.307 e. The molecule has 0 radical (unpaired) electrons. The third-order valence-corrected chi connectivity index (χ3v) is 1.69. The van der Waals surface area contributed by atoms with Crippen LogP contribution in [0, 0.1) is 17.7 Å². The van der Waals surface area contributed by atoms with Crippen LogP contribution in [0.25, 0.3) is 10.8 Å². The fraction of sp³-hybridized carbons (Fsp3) is 0. The van der Waals surface area contributed by atoms with Gasteiger partial charge in [-0.1, -0.05) is 6.07 Å².